The van der Waals surface area contributed by atoms with E-state index < -0.39 is 0 Å². The van der Waals surface area contributed by atoms with Crippen LogP contribution in [0, 0.1) is 0 Å². The Bertz CT molecular complexity index is 23.6. The van der Waals surface area contributed by atoms with Crippen LogP contribution < -0.4 is 5.73 Å². The first-order chi connectivity index (χ1) is 2.00. The van der Waals surface area contributed by atoms with Gasteiger partial charge in [-0.15, -0.1) is 0 Å². The van der Waals surface area contributed by atoms with E-state index in [-0.39, 0.29) is 18.4 Å². The number of rotatable bonds is 0. The van der Waals surface area contributed by atoms with Gasteiger partial charge in [-0.05, 0) is 20.8 Å². The lowest BCUT2D eigenvalue weighted by Crippen LogP contribution is -2.26. The second-order valence-electron chi connectivity index (χ2n) is 2.37. The van der Waals surface area contributed by atoms with Crippen molar-refractivity contribution < 1.29 is 5.48 Å². The summed E-state index contributed by atoms with van der Waals surface area (Å²) in [6.45, 7) is 5.90. The lowest BCUT2D eigenvalue weighted by Gasteiger charge is -2.06. The van der Waals surface area contributed by atoms with Gasteiger partial charge < -0.3 is 11.2 Å². The standard InChI is InChI=1S/C4H11N.CH4.H2O/c1-4(2,3)5;;/h5H2,1-3H3;1H4;1H2. The van der Waals surface area contributed by atoms with Gasteiger partial charge in [0, 0.05) is 5.54 Å². The summed E-state index contributed by atoms with van der Waals surface area (Å²) in [6.07, 6.45) is 0. The van der Waals surface area contributed by atoms with Crippen molar-refractivity contribution in [1.82, 2.24) is 0 Å². The predicted molar refractivity (Wildman–Crippen MR) is 34.3 cm³/mol. The van der Waals surface area contributed by atoms with Crippen LogP contribution in [0.25, 0.3) is 0 Å². The first kappa shape index (κ1) is 15.8. The average Bonchev–Trinajstić information content (AvgIpc) is 0.722. The van der Waals surface area contributed by atoms with Gasteiger partial charge >= 0.3 is 0 Å². The van der Waals surface area contributed by atoms with E-state index in [0.29, 0.717) is 0 Å². The quantitative estimate of drug-likeness (QED) is 0.483. The molecule has 48 valence electrons. The highest BCUT2D eigenvalue weighted by atomic mass is 16.0. The minimum atomic E-state index is 0. The first-order valence-corrected chi connectivity index (χ1v) is 1.79. The van der Waals surface area contributed by atoms with Crippen LogP contribution in [0.2, 0.25) is 0 Å². The molecule has 0 amide bonds. The van der Waals surface area contributed by atoms with E-state index in [4.69, 9.17) is 5.73 Å². The van der Waals surface area contributed by atoms with Crippen molar-refractivity contribution in [2.24, 2.45) is 5.73 Å². The Labute approximate surface area is 46.0 Å². The normalized spacial score (nSPS) is 8.57. The molecule has 0 spiro atoms. The van der Waals surface area contributed by atoms with Crippen molar-refractivity contribution in [3.05, 3.63) is 0 Å². The van der Waals surface area contributed by atoms with Gasteiger partial charge in [0.05, 0.1) is 0 Å². The number of nitrogens with two attached hydrogens (primary N) is 1. The molecule has 7 heavy (non-hydrogen) atoms. The van der Waals surface area contributed by atoms with Crippen LogP contribution in [0.5, 0.6) is 0 Å². The molecule has 0 saturated heterocycles. The van der Waals surface area contributed by atoms with Crippen molar-refractivity contribution in [2.45, 2.75) is 33.7 Å². The molecule has 0 unspecified atom stereocenters. The Morgan fingerprint density at radius 2 is 1.14 bits per heavy atom. The molecule has 2 nitrogen and oxygen atoms in total. The maximum absolute atomic E-state index is 5.35. The fourth-order valence-electron chi connectivity index (χ4n) is 0. The van der Waals surface area contributed by atoms with E-state index in [1.807, 2.05) is 20.8 Å². The summed E-state index contributed by atoms with van der Waals surface area (Å²) in [5.74, 6) is 0. The average molecular weight is 107 g/mol. The summed E-state index contributed by atoms with van der Waals surface area (Å²) in [5.41, 5.74) is 5.35. The smallest absolute Gasteiger partial charge is 0.00686 e. The minimum Gasteiger partial charge on any atom is -0.412 e. The molecule has 0 aliphatic rings. The Kier molecular flexibility index (Phi) is 9.22. The highest BCUT2D eigenvalue weighted by molar-refractivity contribution is 4.60. The monoisotopic (exact) mass is 107 g/mol. The summed E-state index contributed by atoms with van der Waals surface area (Å²) < 4.78 is 0. The molecular weight excluding hydrogens is 90.1 g/mol. The molecule has 0 heterocycles. The molecule has 0 aliphatic heterocycles. The zero-order valence-electron chi connectivity index (χ0n) is 4.58. The van der Waals surface area contributed by atoms with E-state index in [9.17, 15) is 0 Å². The molecule has 2 heteroatoms. The SMILES string of the molecule is C.CC(C)(C)N.O. The van der Waals surface area contributed by atoms with Crippen LogP contribution in [0.15, 0.2) is 0 Å². The molecular formula is C5H17NO. The number of hydrogen-bond donors (Lipinski definition) is 1. The number of hydrogen-bond acceptors (Lipinski definition) is 1. The van der Waals surface area contributed by atoms with Gasteiger partial charge in [-0.2, -0.15) is 0 Å². The minimum absolute atomic E-state index is 0. The van der Waals surface area contributed by atoms with Gasteiger partial charge in [0.2, 0.25) is 0 Å². The fraction of sp³-hybridized carbons (Fsp3) is 1.00. The van der Waals surface area contributed by atoms with Crippen LogP contribution >= 0.6 is 0 Å². The summed E-state index contributed by atoms with van der Waals surface area (Å²) >= 11 is 0. The van der Waals surface area contributed by atoms with E-state index in [2.05, 4.69) is 0 Å². The lowest BCUT2D eigenvalue weighted by atomic mass is 10.1. The van der Waals surface area contributed by atoms with Gasteiger partial charge in [-0.3, -0.25) is 0 Å². The Balaban J connectivity index is -0.0000000800. The van der Waals surface area contributed by atoms with Crippen molar-refractivity contribution in [2.75, 3.05) is 0 Å². The Hall–Kier alpha value is -0.0800. The summed E-state index contributed by atoms with van der Waals surface area (Å²) in [7, 11) is 0. The Morgan fingerprint density at radius 1 is 1.14 bits per heavy atom. The van der Waals surface area contributed by atoms with Crippen molar-refractivity contribution in [3.8, 4) is 0 Å². The summed E-state index contributed by atoms with van der Waals surface area (Å²) in [4.78, 5) is 0. The third-order valence-electron chi connectivity index (χ3n) is 0. The highest BCUT2D eigenvalue weighted by Gasteiger charge is 1.95. The van der Waals surface area contributed by atoms with E-state index in [1.54, 1.807) is 0 Å². The third kappa shape index (κ3) is 14200. The molecule has 0 rings (SSSR count). The predicted octanol–water partition coefficient (Wildman–Crippen LogP) is 0.555. The largest absolute Gasteiger partial charge is 0.412 e. The van der Waals surface area contributed by atoms with Crippen LogP contribution in [-0.2, 0) is 0 Å². The van der Waals surface area contributed by atoms with Crippen molar-refractivity contribution in [1.29, 1.82) is 0 Å². The fourth-order valence-corrected chi connectivity index (χ4v) is 0. The molecule has 0 bridgehead atoms. The second-order valence-corrected chi connectivity index (χ2v) is 2.37. The maximum Gasteiger partial charge on any atom is 0.00686 e. The van der Waals surface area contributed by atoms with Gasteiger partial charge in [0.25, 0.3) is 0 Å². The van der Waals surface area contributed by atoms with Gasteiger partial charge in [0.1, 0.15) is 0 Å². The van der Waals surface area contributed by atoms with Gasteiger partial charge in [-0.1, -0.05) is 7.43 Å². The molecule has 0 aromatic rings. The van der Waals surface area contributed by atoms with Crippen molar-refractivity contribution in [3.63, 3.8) is 0 Å². The molecule has 0 atom stereocenters. The molecule has 0 radical (unpaired) electrons. The molecule has 0 aromatic carbocycles. The van der Waals surface area contributed by atoms with Gasteiger partial charge in [-0.25, -0.2) is 0 Å². The lowest BCUT2D eigenvalue weighted by molar-refractivity contribution is 0.580. The van der Waals surface area contributed by atoms with E-state index >= 15 is 0 Å². The van der Waals surface area contributed by atoms with Gasteiger partial charge in [0.15, 0.2) is 0 Å². The maximum atomic E-state index is 5.35. The third-order valence-corrected chi connectivity index (χ3v) is 0. The molecule has 0 saturated carbocycles. The highest BCUT2D eigenvalue weighted by Crippen LogP contribution is 1.88. The van der Waals surface area contributed by atoms with Crippen LogP contribution in [0.4, 0.5) is 0 Å². The van der Waals surface area contributed by atoms with E-state index in [0.717, 1.165) is 0 Å². The molecule has 0 fully saturated rings. The summed E-state index contributed by atoms with van der Waals surface area (Å²) in [6, 6.07) is 0. The second kappa shape index (κ2) is 4.09. The molecule has 0 aliphatic carbocycles. The zero-order chi connectivity index (χ0) is 4.50. The summed E-state index contributed by atoms with van der Waals surface area (Å²) in [5, 5.41) is 0. The van der Waals surface area contributed by atoms with E-state index in [1.165, 1.54) is 0 Å². The van der Waals surface area contributed by atoms with Crippen molar-refractivity contribution >= 4 is 0 Å². The van der Waals surface area contributed by atoms with Crippen LogP contribution in [0.3, 0.4) is 0 Å². The molecule has 0 aromatic heterocycles. The first-order valence-electron chi connectivity index (χ1n) is 1.79. The molecule has 4 N–H and O–H groups in total. The topological polar surface area (TPSA) is 57.5 Å². The Morgan fingerprint density at radius 3 is 1.14 bits per heavy atom. The van der Waals surface area contributed by atoms with Crippen LogP contribution in [0.1, 0.15) is 28.2 Å². The zero-order valence-corrected chi connectivity index (χ0v) is 4.58. The van der Waals surface area contributed by atoms with Crippen LogP contribution in [-0.4, -0.2) is 11.0 Å².